The molecule has 0 spiro atoms. The molecule has 1 fully saturated rings. The smallest absolute Gasteiger partial charge is 0.246 e. The molecule has 1 saturated heterocycles. The van der Waals surface area contributed by atoms with Crippen molar-refractivity contribution in [1.29, 1.82) is 0 Å². The highest BCUT2D eigenvalue weighted by Gasteiger charge is 2.29. The predicted octanol–water partition coefficient (Wildman–Crippen LogP) is 3.98. The Hall–Kier alpha value is -4.24. The maximum absolute atomic E-state index is 12.9. The van der Waals surface area contributed by atoms with Crippen LogP contribution in [0.25, 0.3) is 22.3 Å². The van der Waals surface area contributed by atoms with E-state index in [-0.39, 0.29) is 11.9 Å². The van der Waals surface area contributed by atoms with Gasteiger partial charge in [0.2, 0.25) is 5.91 Å². The van der Waals surface area contributed by atoms with Crippen molar-refractivity contribution in [2.24, 2.45) is 0 Å². The van der Waals surface area contributed by atoms with Gasteiger partial charge in [0.1, 0.15) is 29.3 Å². The van der Waals surface area contributed by atoms with Crippen LogP contribution in [0.3, 0.4) is 0 Å². The van der Waals surface area contributed by atoms with E-state index < -0.39 is 0 Å². The molecule has 0 unspecified atom stereocenters. The molecule has 3 heterocycles. The summed E-state index contributed by atoms with van der Waals surface area (Å²) >= 11 is 0. The van der Waals surface area contributed by atoms with E-state index in [2.05, 4.69) is 9.97 Å². The topological polar surface area (TPSA) is 102 Å². The maximum Gasteiger partial charge on any atom is 0.246 e. The van der Waals surface area contributed by atoms with Gasteiger partial charge < -0.3 is 20.3 Å². The number of aromatic nitrogens is 4. The molecule has 190 valence electrons. The van der Waals surface area contributed by atoms with E-state index >= 15 is 0 Å². The summed E-state index contributed by atoms with van der Waals surface area (Å²) in [4.78, 5) is 25.5. The van der Waals surface area contributed by atoms with Gasteiger partial charge in [-0.25, -0.2) is 14.6 Å². The normalized spacial score (nSPS) is 15.8. The van der Waals surface area contributed by atoms with Crippen LogP contribution in [0.5, 0.6) is 11.5 Å². The fourth-order valence-corrected chi connectivity index (χ4v) is 4.64. The average molecular weight is 498 g/mol. The molecule has 4 aromatic rings. The Kier molecular flexibility index (Phi) is 7.14. The second-order valence-corrected chi connectivity index (χ2v) is 9.42. The lowest BCUT2D eigenvalue weighted by Gasteiger charge is -2.23. The van der Waals surface area contributed by atoms with E-state index in [9.17, 15) is 4.79 Å². The first-order valence-electron chi connectivity index (χ1n) is 12.4. The Morgan fingerprint density at radius 1 is 1.11 bits per heavy atom. The van der Waals surface area contributed by atoms with Gasteiger partial charge in [-0.2, -0.15) is 5.10 Å². The van der Waals surface area contributed by atoms with Gasteiger partial charge in [-0.3, -0.25) is 4.79 Å². The average Bonchev–Trinajstić information content (AvgIpc) is 3.51. The number of para-hydroxylation sites is 1. The van der Waals surface area contributed by atoms with E-state index in [1.54, 1.807) is 6.08 Å². The monoisotopic (exact) mass is 497 g/mol. The van der Waals surface area contributed by atoms with E-state index in [4.69, 9.17) is 15.6 Å². The fraction of sp³-hybridized carbons (Fsp3) is 0.286. The van der Waals surface area contributed by atoms with Crippen LogP contribution in [0.2, 0.25) is 0 Å². The molecule has 2 aromatic carbocycles. The number of fused-ring (bicyclic) bond motifs is 1. The lowest BCUT2D eigenvalue weighted by atomic mass is 10.1. The van der Waals surface area contributed by atoms with Gasteiger partial charge in [0.25, 0.3) is 0 Å². The minimum atomic E-state index is 0.0316. The van der Waals surface area contributed by atoms with Gasteiger partial charge in [0.15, 0.2) is 5.65 Å². The van der Waals surface area contributed by atoms with E-state index in [0.717, 1.165) is 43.0 Å². The largest absolute Gasteiger partial charge is 0.457 e. The molecule has 2 aromatic heterocycles. The number of carbonyl (C=O) groups is 1. The molecule has 1 atom stereocenters. The number of hydrogen-bond acceptors (Lipinski definition) is 7. The van der Waals surface area contributed by atoms with Crippen LogP contribution in [-0.4, -0.2) is 68.7 Å². The Morgan fingerprint density at radius 2 is 1.86 bits per heavy atom. The molecule has 1 amide bonds. The van der Waals surface area contributed by atoms with Crippen molar-refractivity contribution in [3.63, 3.8) is 0 Å². The van der Waals surface area contributed by atoms with Crippen molar-refractivity contribution < 1.29 is 9.53 Å². The Bertz CT molecular complexity index is 1400. The molecular weight excluding hydrogens is 466 g/mol. The number of anilines is 1. The van der Waals surface area contributed by atoms with Gasteiger partial charge in [-0.05, 0) is 63.3 Å². The van der Waals surface area contributed by atoms with Crippen molar-refractivity contribution in [2.75, 3.05) is 32.9 Å². The van der Waals surface area contributed by atoms with Gasteiger partial charge >= 0.3 is 0 Å². The highest BCUT2D eigenvalue weighted by atomic mass is 16.5. The van der Waals surface area contributed by atoms with Crippen molar-refractivity contribution in [3.05, 3.63) is 73.1 Å². The summed E-state index contributed by atoms with van der Waals surface area (Å²) in [6.45, 7) is 2.00. The van der Waals surface area contributed by atoms with Crippen molar-refractivity contribution in [1.82, 2.24) is 29.5 Å². The Labute approximate surface area is 216 Å². The minimum absolute atomic E-state index is 0.0316. The Morgan fingerprint density at radius 3 is 2.62 bits per heavy atom. The fourth-order valence-electron chi connectivity index (χ4n) is 4.64. The summed E-state index contributed by atoms with van der Waals surface area (Å²) in [6.07, 6.45) is 6.90. The summed E-state index contributed by atoms with van der Waals surface area (Å²) in [5.74, 6) is 1.91. The summed E-state index contributed by atoms with van der Waals surface area (Å²) < 4.78 is 7.79. The van der Waals surface area contributed by atoms with E-state index in [1.807, 2.05) is 89.3 Å². The molecule has 9 nitrogen and oxygen atoms in total. The van der Waals surface area contributed by atoms with Gasteiger partial charge in [0, 0.05) is 24.7 Å². The molecule has 0 saturated carbocycles. The number of nitrogens with two attached hydrogens (primary N) is 1. The highest BCUT2D eigenvalue weighted by Crippen LogP contribution is 2.33. The summed E-state index contributed by atoms with van der Waals surface area (Å²) in [7, 11) is 3.95. The second-order valence-electron chi connectivity index (χ2n) is 9.42. The third-order valence-corrected chi connectivity index (χ3v) is 6.44. The van der Waals surface area contributed by atoms with Crippen LogP contribution in [0.4, 0.5) is 5.82 Å². The third-order valence-electron chi connectivity index (χ3n) is 6.44. The quantitative estimate of drug-likeness (QED) is 0.367. The maximum atomic E-state index is 12.9. The number of rotatable bonds is 8. The zero-order valence-corrected chi connectivity index (χ0v) is 21.1. The SMILES string of the molecule is CN(C)C/C=C/C(=O)N1CCC[C@@H]1Cn1nc(-c2ccc(Oc3ccccc3)cc2)c2c(N)ncnc21. The number of benzene rings is 2. The van der Waals surface area contributed by atoms with E-state index in [1.165, 1.54) is 6.33 Å². The summed E-state index contributed by atoms with van der Waals surface area (Å²) in [6, 6.07) is 17.4. The van der Waals surface area contributed by atoms with Gasteiger partial charge in [0.05, 0.1) is 18.0 Å². The number of likely N-dealkylation sites (N-methyl/N-ethyl adjacent to an activating group) is 1. The van der Waals surface area contributed by atoms with Crippen molar-refractivity contribution in [2.45, 2.75) is 25.4 Å². The molecule has 5 rings (SSSR count). The Balaban J connectivity index is 1.40. The van der Waals surface area contributed by atoms with Crippen LogP contribution >= 0.6 is 0 Å². The first kappa shape index (κ1) is 24.5. The molecule has 0 bridgehead atoms. The molecule has 2 N–H and O–H groups in total. The number of carbonyl (C=O) groups excluding carboxylic acids is 1. The molecule has 37 heavy (non-hydrogen) atoms. The minimum Gasteiger partial charge on any atom is -0.457 e. The van der Waals surface area contributed by atoms with Crippen molar-refractivity contribution >= 4 is 22.8 Å². The molecule has 1 aliphatic rings. The number of amides is 1. The number of ether oxygens (including phenoxy) is 1. The zero-order chi connectivity index (χ0) is 25.8. The predicted molar refractivity (Wildman–Crippen MR) is 144 cm³/mol. The third kappa shape index (κ3) is 5.46. The second kappa shape index (κ2) is 10.8. The molecular formula is C28H31N7O2. The lowest BCUT2D eigenvalue weighted by Crippen LogP contribution is -2.37. The van der Waals surface area contributed by atoms with Crippen LogP contribution in [-0.2, 0) is 11.3 Å². The number of hydrogen-bond donors (Lipinski definition) is 1. The van der Waals surface area contributed by atoms with Crippen LogP contribution in [0.15, 0.2) is 73.1 Å². The van der Waals surface area contributed by atoms with Crippen molar-refractivity contribution in [3.8, 4) is 22.8 Å². The summed E-state index contributed by atoms with van der Waals surface area (Å²) in [5.41, 5.74) is 8.55. The van der Waals surface area contributed by atoms with E-state index in [0.29, 0.717) is 29.1 Å². The highest BCUT2D eigenvalue weighted by molar-refractivity contribution is 5.98. The van der Waals surface area contributed by atoms with Crippen LogP contribution < -0.4 is 10.5 Å². The van der Waals surface area contributed by atoms with Crippen LogP contribution in [0, 0.1) is 0 Å². The molecule has 0 radical (unpaired) electrons. The molecule has 0 aliphatic carbocycles. The molecule has 9 heteroatoms. The molecule has 1 aliphatic heterocycles. The van der Waals surface area contributed by atoms with Crippen LogP contribution in [0.1, 0.15) is 12.8 Å². The first-order chi connectivity index (χ1) is 18.0. The number of likely N-dealkylation sites (tertiary alicyclic amines) is 1. The zero-order valence-electron chi connectivity index (χ0n) is 21.1. The van der Waals surface area contributed by atoms with Gasteiger partial charge in [-0.1, -0.05) is 24.3 Å². The van der Waals surface area contributed by atoms with Gasteiger partial charge in [-0.15, -0.1) is 0 Å². The summed E-state index contributed by atoms with van der Waals surface area (Å²) in [5, 5.41) is 5.62. The number of nitrogen functional groups attached to an aromatic ring is 1. The standard InChI is InChI=1S/C28H31N7O2/c1-33(2)16-7-11-24(36)34-17-6-8-21(34)18-35-28-25(27(29)30-19-31-28)26(32-35)20-12-14-23(15-13-20)37-22-9-4-3-5-10-22/h3-5,7,9-15,19,21H,6,8,16-18H2,1-2H3,(H2,29,30,31)/b11-7+/t21-/m1/s1. The number of nitrogens with zero attached hydrogens (tertiary/aromatic N) is 6. The first-order valence-corrected chi connectivity index (χ1v) is 12.4. The lowest BCUT2D eigenvalue weighted by molar-refractivity contribution is -0.127.